The molecule has 3 rings (SSSR count). The molecule has 0 radical (unpaired) electrons. The van der Waals surface area contributed by atoms with Crippen molar-refractivity contribution in [1.82, 2.24) is 0 Å². The first-order chi connectivity index (χ1) is 15.6. The van der Waals surface area contributed by atoms with Crippen molar-refractivity contribution in [2.75, 3.05) is 0 Å². The largest absolute Gasteiger partial charge is 0.390 e. The Hall–Kier alpha value is -0.680. The molecule has 1 saturated heterocycles. The van der Waals surface area contributed by atoms with Gasteiger partial charge in [-0.25, -0.2) is 0 Å². The maximum Gasteiger partial charge on any atom is 0.0888 e. The normalized spacial score (nSPS) is 42.7. The van der Waals surface area contributed by atoms with Crippen LogP contribution in [0.4, 0.5) is 0 Å². The Balaban J connectivity index is 1.88. The predicted octanol–water partition coefficient (Wildman–Crippen LogP) is 6.48. The molecule has 0 aromatic carbocycles. The molecule has 3 N–H and O–H groups in total. The maximum atomic E-state index is 11.6. The molecule has 196 valence electrons. The first kappa shape index (κ1) is 27.9. The number of hydrogen-bond acceptors (Lipinski definition) is 4. The fourth-order valence-corrected chi connectivity index (χ4v) is 7.51. The second kappa shape index (κ2) is 10.00. The topological polar surface area (TPSA) is 69.9 Å². The van der Waals surface area contributed by atoms with Crippen LogP contribution in [0.5, 0.6) is 0 Å². The summed E-state index contributed by atoms with van der Waals surface area (Å²) in [5, 5.41) is 33.1. The highest BCUT2D eigenvalue weighted by molar-refractivity contribution is 5.27. The number of ether oxygens (including phenoxy) is 1. The zero-order chi connectivity index (χ0) is 25.5. The van der Waals surface area contributed by atoms with Gasteiger partial charge in [-0.15, -0.1) is 0 Å². The molecule has 34 heavy (non-hydrogen) atoms. The van der Waals surface area contributed by atoms with Crippen LogP contribution in [0.1, 0.15) is 120 Å². The van der Waals surface area contributed by atoms with Crippen molar-refractivity contribution in [3.8, 4) is 0 Å². The summed E-state index contributed by atoms with van der Waals surface area (Å²) in [4.78, 5) is 0. The standard InChI is InChI=1S/C30H52O4/c1-20(2)10-9-16-28(6)17-13-23(31)21(3)22(28)11-12-24-29(7)18-14-25(32)27(4,5)34-26(29)15-19-30(24,8)33/h10,23-26,31-33H,9,11-19H2,1-8H3. The maximum absolute atomic E-state index is 11.6. The van der Waals surface area contributed by atoms with Gasteiger partial charge in [-0.05, 0) is 128 Å². The zero-order valence-electron chi connectivity index (χ0n) is 23.2. The lowest BCUT2D eigenvalue weighted by molar-refractivity contribution is -0.205. The second-order valence-electron chi connectivity index (χ2n) is 13.4. The van der Waals surface area contributed by atoms with E-state index in [0.717, 1.165) is 63.4 Å². The molecule has 7 unspecified atom stereocenters. The summed E-state index contributed by atoms with van der Waals surface area (Å²) in [7, 11) is 0. The summed E-state index contributed by atoms with van der Waals surface area (Å²) in [6.45, 7) is 17.1. The van der Waals surface area contributed by atoms with E-state index in [1.807, 2.05) is 20.8 Å². The molecule has 0 spiro atoms. The van der Waals surface area contributed by atoms with Crippen molar-refractivity contribution in [2.45, 2.75) is 149 Å². The number of fused-ring (bicyclic) bond motifs is 1. The number of allylic oxidation sites excluding steroid dienone is 3. The Morgan fingerprint density at radius 3 is 2.32 bits per heavy atom. The lowest BCUT2D eigenvalue weighted by atomic mass is 9.55. The van der Waals surface area contributed by atoms with Crippen LogP contribution >= 0.6 is 0 Å². The van der Waals surface area contributed by atoms with E-state index in [9.17, 15) is 15.3 Å². The summed E-state index contributed by atoms with van der Waals surface area (Å²) < 4.78 is 6.57. The van der Waals surface area contributed by atoms with Gasteiger partial charge >= 0.3 is 0 Å². The Bertz CT molecular complexity index is 790. The van der Waals surface area contributed by atoms with Crippen LogP contribution in [-0.4, -0.2) is 44.8 Å². The lowest BCUT2D eigenvalue weighted by Gasteiger charge is -2.54. The fourth-order valence-electron chi connectivity index (χ4n) is 7.51. The van der Waals surface area contributed by atoms with Crippen molar-refractivity contribution >= 4 is 0 Å². The van der Waals surface area contributed by atoms with E-state index < -0.39 is 17.3 Å². The van der Waals surface area contributed by atoms with E-state index in [2.05, 4.69) is 40.7 Å². The smallest absolute Gasteiger partial charge is 0.0888 e. The molecular weight excluding hydrogens is 424 g/mol. The summed E-state index contributed by atoms with van der Waals surface area (Å²) in [5.74, 6) is 0.0845. The van der Waals surface area contributed by atoms with Crippen LogP contribution in [0.2, 0.25) is 0 Å². The van der Waals surface area contributed by atoms with Gasteiger partial charge in [0.2, 0.25) is 0 Å². The highest BCUT2D eigenvalue weighted by Gasteiger charge is 2.56. The SMILES string of the molecule is CC(C)=CCCC1(C)CCC(O)C(C)=C1CCC1C(C)(O)CCC2OC(C)(C)C(O)CCC21C. The van der Waals surface area contributed by atoms with Crippen LogP contribution in [0.25, 0.3) is 0 Å². The number of aliphatic hydroxyl groups is 3. The van der Waals surface area contributed by atoms with Crippen molar-refractivity contribution in [3.63, 3.8) is 0 Å². The summed E-state index contributed by atoms with van der Waals surface area (Å²) in [6, 6.07) is 0. The Labute approximate surface area is 208 Å². The third-order valence-electron chi connectivity index (χ3n) is 10.0. The van der Waals surface area contributed by atoms with Crippen LogP contribution in [0.3, 0.4) is 0 Å². The summed E-state index contributed by atoms with van der Waals surface area (Å²) >= 11 is 0. The molecule has 0 aromatic heterocycles. The van der Waals surface area contributed by atoms with E-state index in [-0.39, 0.29) is 29.0 Å². The average molecular weight is 477 g/mol. The molecule has 1 aliphatic heterocycles. The minimum absolute atomic E-state index is 0.0425. The van der Waals surface area contributed by atoms with Crippen LogP contribution in [0, 0.1) is 16.7 Å². The van der Waals surface area contributed by atoms with E-state index in [4.69, 9.17) is 4.74 Å². The third-order valence-corrected chi connectivity index (χ3v) is 10.0. The van der Waals surface area contributed by atoms with Gasteiger partial charge in [0.25, 0.3) is 0 Å². The monoisotopic (exact) mass is 476 g/mol. The number of hydrogen-bond donors (Lipinski definition) is 3. The van der Waals surface area contributed by atoms with Gasteiger partial charge in [0.15, 0.2) is 0 Å². The van der Waals surface area contributed by atoms with Crippen LogP contribution < -0.4 is 0 Å². The highest BCUT2D eigenvalue weighted by atomic mass is 16.5. The van der Waals surface area contributed by atoms with Gasteiger partial charge in [0, 0.05) is 0 Å². The van der Waals surface area contributed by atoms with Gasteiger partial charge in [-0.1, -0.05) is 31.1 Å². The highest BCUT2D eigenvalue weighted by Crippen LogP contribution is 2.56. The van der Waals surface area contributed by atoms with E-state index in [0.29, 0.717) is 6.42 Å². The predicted molar refractivity (Wildman–Crippen MR) is 140 cm³/mol. The van der Waals surface area contributed by atoms with Gasteiger partial charge in [0.05, 0.1) is 29.5 Å². The van der Waals surface area contributed by atoms with Crippen molar-refractivity contribution in [2.24, 2.45) is 16.7 Å². The van der Waals surface area contributed by atoms with E-state index in [1.165, 1.54) is 11.1 Å². The first-order valence-electron chi connectivity index (χ1n) is 13.7. The van der Waals surface area contributed by atoms with Gasteiger partial charge in [0.1, 0.15) is 0 Å². The minimum atomic E-state index is -0.756. The van der Waals surface area contributed by atoms with Crippen molar-refractivity contribution in [3.05, 3.63) is 22.8 Å². The minimum Gasteiger partial charge on any atom is -0.390 e. The number of rotatable bonds is 6. The zero-order valence-corrected chi connectivity index (χ0v) is 23.2. The molecule has 4 nitrogen and oxygen atoms in total. The van der Waals surface area contributed by atoms with Gasteiger partial charge in [-0.2, -0.15) is 0 Å². The van der Waals surface area contributed by atoms with Crippen LogP contribution in [0.15, 0.2) is 22.8 Å². The molecule has 1 saturated carbocycles. The fraction of sp³-hybridized carbons (Fsp3) is 0.867. The van der Waals surface area contributed by atoms with Gasteiger partial charge in [-0.3, -0.25) is 0 Å². The number of aliphatic hydroxyl groups excluding tert-OH is 2. The Kier molecular flexibility index (Phi) is 8.20. The first-order valence-corrected chi connectivity index (χ1v) is 13.7. The molecule has 7 atom stereocenters. The lowest BCUT2D eigenvalue weighted by Crippen LogP contribution is -2.56. The molecule has 1 heterocycles. The molecular formula is C30H52O4. The van der Waals surface area contributed by atoms with Crippen molar-refractivity contribution < 1.29 is 20.1 Å². The molecule has 2 aliphatic carbocycles. The molecule has 2 fully saturated rings. The molecule has 4 heteroatoms. The van der Waals surface area contributed by atoms with E-state index in [1.54, 1.807) is 0 Å². The quantitative estimate of drug-likeness (QED) is 0.384. The summed E-state index contributed by atoms with van der Waals surface area (Å²) in [6.07, 6.45) is 10.5. The Morgan fingerprint density at radius 2 is 1.68 bits per heavy atom. The Morgan fingerprint density at radius 1 is 1.00 bits per heavy atom. The molecule has 0 amide bonds. The average Bonchev–Trinajstić information content (AvgIpc) is 2.81. The van der Waals surface area contributed by atoms with E-state index >= 15 is 0 Å². The van der Waals surface area contributed by atoms with Crippen LogP contribution in [-0.2, 0) is 4.74 Å². The molecule has 0 aromatic rings. The second-order valence-corrected chi connectivity index (χ2v) is 13.4. The third kappa shape index (κ3) is 5.51. The van der Waals surface area contributed by atoms with Crippen molar-refractivity contribution in [1.29, 1.82) is 0 Å². The molecule has 0 bridgehead atoms. The van der Waals surface area contributed by atoms with Gasteiger partial charge < -0.3 is 20.1 Å². The summed E-state index contributed by atoms with van der Waals surface area (Å²) in [5.41, 5.74) is 2.50. The molecule has 3 aliphatic rings.